The minimum absolute atomic E-state index is 0.161. The van der Waals surface area contributed by atoms with Crippen molar-refractivity contribution in [3.8, 4) is 11.5 Å². The van der Waals surface area contributed by atoms with Gasteiger partial charge in [0, 0.05) is 29.1 Å². The molecule has 0 atom stereocenters. The lowest BCUT2D eigenvalue weighted by atomic mass is 9.81. The first kappa shape index (κ1) is 26.4. The van der Waals surface area contributed by atoms with Gasteiger partial charge in [0.15, 0.2) is 0 Å². The molecule has 0 aromatic heterocycles. The molecule has 1 aliphatic carbocycles. The van der Waals surface area contributed by atoms with Gasteiger partial charge >= 0.3 is 12.2 Å². The minimum Gasteiger partial charge on any atom is -0.457 e. The second kappa shape index (κ2) is 10.5. The summed E-state index contributed by atoms with van der Waals surface area (Å²) >= 11 is 1.53. The molecule has 1 aliphatic heterocycles. The van der Waals surface area contributed by atoms with E-state index in [9.17, 15) is 18.0 Å². The van der Waals surface area contributed by atoms with Crippen molar-refractivity contribution in [2.24, 2.45) is 0 Å². The Morgan fingerprint density at radius 2 is 1.79 bits per heavy atom. The van der Waals surface area contributed by atoms with Crippen LogP contribution in [0.25, 0.3) is 0 Å². The Morgan fingerprint density at radius 3 is 2.47 bits per heavy atom. The van der Waals surface area contributed by atoms with Crippen LogP contribution >= 0.6 is 11.9 Å². The fraction of sp³-hybridized carbons (Fsp3) is 0.345. The van der Waals surface area contributed by atoms with E-state index in [1.54, 1.807) is 17.9 Å². The summed E-state index contributed by atoms with van der Waals surface area (Å²) in [6.45, 7) is 2.72. The first-order valence-electron chi connectivity index (χ1n) is 12.7. The predicted molar refractivity (Wildman–Crippen MR) is 144 cm³/mol. The number of halogens is 3. The summed E-state index contributed by atoms with van der Waals surface area (Å²) in [4.78, 5) is 16.2. The molecule has 2 amide bonds. The molecule has 3 aromatic rings. The SMILES string of the molecule is CNSc1ccc(CNC(=O)N2CC3(CCCC3)c3cc(Oc4cc(C(F)(F)F)ccc4C)ccc32)cc1. The van der Waals surface area contributed by atoms with Crippen molar-refractivity contribution in [3.63, 3.8) is 0 Å². The number of benzene rings is 3. The number of amides is 2. The maximum atomic E-state index is 13.3. The number of ether oxygens (including phenoxy) is 1. The fourth-order valence-corrected chi connectivity index (χ4v) is 5.96. The molecule has 1 fully saturated rings. The molecule has 1 spiro atoms. The average Bonchev–Trinajstić information content (AvgIpc) is 3.49. The monoisotopic (exact) mass is 541 g/mol. The molecule has 200 valence electrons. The van der Waals surface area contributed by atoms with Crippen molar-refractivity contribution in [2.75, 3.05) is 18.5 Å². The standard InChI is InChI=1S/C29H30F3N3O2S/c1-19-5-8-21(29(30,31)32)15-26(19)37-22-9-12-25-24(16-22)28(13-3-4-14-28)18-35(25)27(36)34-17-20-6-10-23(11-7-20)38-33-2/h5-12,15-16,33H,3-4,13-14,17-18H2,1-2H3,(H,34,36). The summed E-state index contributed by atoms with van der Waals surface area (Å²) in [6.07, 6.45) is -0.381. The van der Waals surface area contributed by atoms with Gasteiger partial charge in [0.05, 0.1) is 5.56 Å². The van der Waals surface area contributed by atoms with Gasteiger partial charge in [0.1, 0.15) is 11.5 Å². The number of hydrogen-bond donors (Lipinski definition) is 2. The van der Waals surface area contributed by atoms with Crippen LogP contribution in [0.4, 0.5) is 23.7 Å². The van der Waals surface area contributed by atoms with E-state index in [1.165, 1.54) is 18.0 Å². The van der Waals surface area contributed by atoms with Crippen LogP contribution in [-0.2, 0) is 18.1 Å². The Balaban J connectivity index is 1.36. The first-order valence-corrected chi connectivity index (χ1v) is 13.5. The zero-order valence-electron chi connectivity index (χ0n) is 21.3. The van der Waals surface area contributed by atoms with E-state index in [1.807, 2.05) is 43.4 Å². The van der Waals surface area contributed by atoms with Gasteiger partial charge in [-0.15, -0.1) is 0 Å². The zero-order valence-corrected chi connectivity index (χ0v) is 22.1. The molecule has 0 unspecified atom stereocenters. The van der Waals surface area contributed by atoms with E-state index in [-0.39, 0.29) is 17.2 Å². The van der Waals surface area contributed by atoms with Crippen molar-refractivity contribution >= 4 is 23.7 Å². The van der Waals surface area contributed by atoms with Crippen LogP contribution < -0.4 is 19.7 Å². The number of aryl methyl sites for hydroxylation is 1. The quantitative estimate of drug-likeness (QED) is 0.316. The number of nitrogens with one attached hydrogen (secondary N) is 2. The number of carbonyl (C=O) groups excluding carboxylic acids is 1. The number of anilines is 1. The number of fused-ring (bicyclic) bond motifs is 2. The minimum atomic E-state index is -4.45. The smallest absolute Gasteiger partial charge is 0.416 e. The lowest BCUT2D eigenvalue weighted by Crippen LogP contribution is -2.41. The highest BCUT2D eigenvalue weighted by molar-refractivity contribution is 7.97. The molecular formula is C29H30F3N3O2S. The predicted octanol–water partition coefficient (Wildman–Crippen LogP) is 7.57. The Bertz CT molecular complexity index is 1320. The third-order valence-corrected chi connectivity index (χ3v) is 8.14. The zero-order chi connectivity index (χ0) is 26.9. The molecule has 5 nitrogen and oxygen atoms in total. The largest absolute Gasteiger partial charge is 0.457 e. The second-order valence-electron chi connectivity index (χ2n) is 9.94. The van der Waals surface area contributed by atoms with E-state index in [2.05, 4.69) is 10.0 Å². The molecule has 0 bridgehead atoms. The highest BCUT2D eigenvalue weighted by Gasteiger charge is 2.46. The highest BCUT2D eigenvalue weighted by Crippen LogP contribution is 2.51. The van der Waals surface area contributed by atoms with Crippen molar-refractivity contribution < 1.29 is 22.7 Å². The fourth-order valence-electron chi connectivity index (χ4n) is 5.45. The Labute approximate surface area is 224 Å². The number of nitrogens with zero attached hydrogens (tertiary/aromatic N) is 1. The van der Waals surface area contributed by atoms with Crippen molar-refractivity contribution in [1.29, 1.82) is 0 Å². The lowest BCUT2D eigenvalue weighted by Gasteiger charge is -2.25. The highest BCUT2D eigenvalue weighted by atomic mass is 32.2. The number of rotatable bonds is 6. The first-order chi connectivity index (χ1) is 18.2. The van der Waals surface area contributed by atoms with Crippen LogP contribution in [0, 0.1) is 6.92 Å². The van der Waals surface area contributed by atoms with Gasteiger partial charge in [-0.1, -0.05) is 31.0 Å². The summed E-state index contributed by atoms with van der Waals surface area (Å²) in [6, 6.07) is 16.9. The molecule has 2 aliphatic rings. The molecule has 3 aromatic carbocycles. The van der Waals surface area contributed by atoms with E-state index in [0.29, 0.717) is 24.4 Å². The number of alkyl halides is 3. The molecule has 1 saturated carbocycles. The average molecular weight is 542 g/mol. The van der Waals surface area contributed by atoms with Gasteiger partial charge in [-0.3, -0.25) is 9.62 Å². The van der Waals surface area contributed by atoms with Crippen LogP contribution in [0.1, 0.15) is 47.9 Å². The Kier molecular flexibility index (Phi) is 7.33. The van der Waals surface area contributed by atoms with Gasteiger partial charge in [0.2, 0.25) is 0 Å². The van der Waals surface area contributed by atoms with E-state index in [0.717, 1.165) is 59.5 Å². The summed E-state index contributed by atoms with van der Waals surface area (Å²) < 4.78 is 48.8. The molecule has 0 radical (unpaired) electrons. The number of carbonyl (C=O) groups is 1. The molecule has 2 N–H and O–H groups in total. The van der Waals surface area contributed by atoms with Crippen LogP contribution in [0.2, 0.25) is 0 Å². The Morgan fingerprint density at radius 1 is 1.05 bits per heavy atom. The van der Waals surface area contributed by atoms with Crippen molar-refractivity contribution in [3.05, 3.63) is 82.9 Å². The van der Waals surface area contributed by atoms with E-state index >= 15 is 0 Å². The van der Waals surface area contributed by atoms with Crippen LogP contribution in [0.15, 0.2) is 65.6 Å². The molecule has 1 heterocycles. The number of urea groups is 1. The van der Waals surface area contributed by atoms with Crippen molar-refractivity contribution in [1.82, 2.24) is 10.0 Å². The van der Waals surface area contributed by atoms with Gasteiger partial charge in [-0.2, -0.15) is 13.2 Å². The van der Waals surface area contributed by atoms with Gasteiger partial charge < -0.3 is 10.1 Å². The number of hydrogen-bond acceptors (Lipinski definition) is 4. The maximum Gasteiger partial charge on any atom is 0.416 e. The summed E-state index contributed by atoms with van der Waals surface area (Å²) in [7, 11) is 1.87. The topological polar surface area (TPSA) is 53.6 Å². The molecule has 0 saturated heterocycles. The van der Waals surface area contributed by atoms with Gasteiger partial charge in [0.25, 0.3) is 0 Å². The molecule has 5 rings (SSSR count). The maximum absolute atomic E-state index is 13.3. The van der Waals surface area contributed by atoms with Crippen LogP contribution in [-0.4, -0.2) is 19.6 Å². The van der Waals surface area contributed by atoms with Crippen LogP contribution in [0.5, 0.6) is 11.5 Å². The summed E-state index contributed by atoms with van der Waals surface area (Å²) in [5.74, 6) is 0.645. The second-order valence-corrected chi connectivity index (χ2v) is 11.0. The normalized spacial score (nSPS) is 16.1. The molecule has 9 heteroatoms. The van der Waals surface area contributed by atoms with Gasteiger partial charge in [-0.05, 0) is 97.9 Å². The summed E-state index contributed by atoms with van der Waals surface area (Å²) in [5, 5.41) is 3.05. The Hall–Kier alpha value is -3.17. The van der Waals surface area contributed by atoms with Crippen LogP contribution in [0.3, 0.4) is 0 Å². The molecule has 38 heavy (non-hydrogen) atoms. The van der Waals surface area contributed by atoms with E-state index < -0.39 is 11.7 Å². The third-order valence-electron chi connectivity index (χ3n) is 7.43. The van der Waals surface area contributed by atoms with Gasteiger partial charge in [-0.25, -0.2) is 4.79 Å². The van der Waals surface area contributed by atoms with E-state index in [4.69, 9.17) is 4.74 Å². The molecular weight excluding hydrogens is 511 g/mol. The van der Waals surface area contributed by atoms with Crippen molar-refractivity contribution in [2.45, 2.75) is 55.6 Å². The third kappa shape index (κ3) is 5.35. The summed E-state index contributed by atoms with van der Waals surface area (Å²) in [5.41, 5.74) is 2.58. The lowest BCUT2D eigenvalue weighted by molar-refractivity contribution is -0.137.